The van der Waals surface area contributed by atoms with Crippen molar-refractivity contribution >= 4 is 23.3 Å². The second-order valence-electron chi connectivity index (χ2n) is 5.32. The van der Waals surface area contributed by atoms with Crippen LogP contribution in [-0.2, 0) is 9.59 Å². The molecule has 0 spiro atoms. The first-order valence-corrected chi connectivity index (χ1v) is 6.81. The number of nitrogens with zero attached hydrogens (tertiary/aromatic N) is 1. The highest BCUT2D eigenvalue weighted by Gasteiger charge is 2.56. The van der Waals surface area contributed by atoms with Gasteiger partial charge in [0.25, 0.3) is 0 Å². The van der Waals surface area contributed by atoms with Crippen molar-refractivity contribution in [3.8, 4) is 0 Å². The fourth-order valence-electron chi connectivity index (χ4n) is 2.13. The van der Waals surface area contributed by atoms with Crippen LogP contribution < -0.4 is 10.6 Å². The van der Waals surface area contributed by atoms with Gasteiger partial charge in [0.1, 0.15) is 17.0 Å². The van der Waals surface area contributed by atoms with Gasteiger partial charge in [-0.2, -0.15) is 0 Å². The summed E-state index contributed by atoms with van der Waals surface area (Å²) in [4.78, 5) is 24.6. The Bertz CT molecular complexity index is 720. The molecule has 0 atom stereocenters. The summed E-state index contributed by atoms with van der Waals surface area (Å²) in [6.45, 7) is 1.71. The first-order chi connectivity index (χ1) is 10.5. The Kier molecular flexibility index (Phi) is 3.40. The quantitative estimate of drug-likeness (QED) is 0.850. The SMILES string of the molecule is Cc1cc(NC(=O)C2(C(=O)Nc3ccc(F)cc3)CC2)no1. The maximum absolute atomic E-state index is 12.9. The number of aromatic nitrogens is 1. The normalized spacial score (nSPS) is 15.2. The van der Waals surface area contributed by atoms with Crippen molar-refractivity contribution in [1.29, 1.82) is 0 Å². The summed E-state index contributed by atoms with van der Waals surface area (Å²) in [5.41, 5.74) is -0.649. The van der Waals surface area contributed by atoms with Crippen molar-refractivity contribution in [3.05, 3.63) is 41.9 Å². The number of halogens is 1. The van der Waals surface area contributed by atoms with E-state index in [1.807, 2.05) is 0 Å². The largest absolute Gasteiger partial charge is 0.360 e. The van der Waals surface area contributed by atoms with Gasteiger partial charge in [0.05, 0.1) is 0 Å². The summed E-state index contributed by atoms with van der Waals surface area (Å²) < 4.78 is 17.7. The van der Waals surface area contributed by atoms with Crippen molar-refractivity contribution in [2.75, 3.05) is 10.6 Å². The lowest BCUT2D eigenvalue weighted by molar-refractivity contribution is -0.131. The molecule has 0 aliphatic heterocycles. The molecule has 22 heavy (non-hydrogen) atoms. The summed E-state index contributed by atoms with van der Waals surface area (Å²) in [5.74, 6) is -0.366. The predicted octanol–water partition coefficient (Wildman–Crippen LogP) is 2.48. The Labute approximate surface area is 125 Å². The number of anilines is 2. The van der Waals surface area contributed by atoms with Gasteiger partial charge in [-0.25, -0.2) is 4.39 Å². The summed E-state index contributed by atoms with van der Waals surface area (Å²) in [6.07, 6.45) is 0.922. The van der Waals surface area contributed by atoms with E-state index >= 15 is 0 Å². The molecular weight excluding hydrogens is 289 g/mol. The van der Waals surface area contributed by atoms with Gasteiger partial charge in [-0.15, -0.1) is 0 Å². The molecule has 1 fully saturated rings. The average molecular weight is 303 g/mol. The zero-order chi connectivity index (χ0) is 15.7. The van der Waals surface area contributed by atoms with Gasteiger partial charge in [-0.3, -0.25) is 9.59 Å². The molecule has 0 bridgehead atoms. The number of amides is 2. The maximum Gasteiger partial charge on any atom is 0.241 e. The molecule has 6 nitrogen and oxygen atoms in total. The Balaban J connectivity index is 1.68. The van der Waals surface area contributed by atoms with Crippen molar-refractivity contribution in [3.63, 3.8) is 0 Å². The number of hydrogen-bond acceptors (Lipinski definition) is 4. The molecule has 1 aliphatic rings. The summed E-state index contributed by atoms with van der Waals surface area (Å²) >= 11 is 0. The van der Waals surface area contributed by atoms with Crippen molar-refractivity contribution in [2.24, 2.45) is 5.41 Å². The van der Waals surface area contributed by atoms with E-state index in [2.05, 4.69) is 15.8 Å². The first-order valence-electron chi connectivity index (χ1n) is 6.81. The zero-order valence-corrected chi connectivity index (χ0v) is 11.9. The minimum Gasteiger partial charge on any atom is -0.360 e. The van der Waals surface area contributed by atoms with Gasteiger partial charge in [0.15, 0.2) is 5.82 Å². The Morgan fingerprint density at radius 3 is 2.36 bits per heavy atom. The number of benzene rings is 1. The third-order valence-corrected chi connectivity index (χ3v) is 3.59. The number of rotatable bonds is 4. The summed E-state index contributed by atoms with van der Waals surface area (Å²) in [7, 11) is 0. The number of carbonyl (C=O) groups is 2. The van der Waals surface area contributed by atoms with Crippen LogP contribution in [0.25, 0.3) is 0 Å². The van der Waals surface area contributed by atoms with Gasteiger partial charge in [-0.1, -0.05) is 5.16 Å². The predicted molar refractivity (Wildman–Crippen MR) is 76.6 cm³/mol. The topological polar surface area (TPSA) is 84.2 Å². The summed E-state index contributed by atoms with van der Waals surface area (Å²) in [6, 6.07) is 6.96. The standard InChI is InChI=1S/C15H14FN3O3/c1-9-8-12(19-22-9)18-14(21)15(6-7-15)13(20)17-11-4-2-10(16)3-5-11/h2-5,8H,6-7H2,1H3,(H,17,20)(H,18,19,21). The molecule has 1 aromatic heterocycles. The Morgan fingerprint density at radius 1 is 1.18 bits per heavy atom. The molecule has 2 N–H and O–H groups in total. The minimum atomic E-state index is -1.10. The van der Waals surface area contributed by atoms with E-state index in [1.165, 1.54) is 24.3 Å². The third kappa shape index (κ3) is 2.69. The van der Waals surface area contributed by atoms with Crippen LogP contribution >= 0.6 is 0 Å². The highest BCUT2D eigenvalue weighted by atomic mass is 19.1. The van der Waals surface area contributed by atoms with Crippen molar-refractivity contribution in [2.45, 2.75) is 19.8 Å². The fraction of sp³-hybridized carbons (Fsp3) is 0.267. The Hall–Kier alpha value is -2.70. The van der Waals surface area contributed by atoms with Gasteiger partial charge in [0, 0.05) is 11.8 Å². The average Bonchev–Trinajstić information content (AvgIpc) is 3.21. The zero-order valence-electron chi connectivity index (χ0n) is 11.9. The number of nitrogens with one attached hydrogen (secondary N) is 2. The lowest BCUT2D eigenvalue weighted by Crippen LogP contribution is -2.35. The fourth-order valence-corrected chi connectivity index (χ4v) is 2.13. The second kappa shape index (κ2) is 5.25. The molecule has 1 aliphatic carbocycles. The van der Waals surface area contributed by atoms with Gasteiger partial charge in [-0.05, 0) is 44.0 Å². The number of carbonyl (C=O) groups excluding carboxylic acids is 2. The van der Waals surface area contributed by atoms with Gasteiger partial charge >= 0.3 is 0 Å². The molecule has 0 unspecified atom stereocenters. The van der Waals surface area contributed by atoms with Crippen molar-refractivity contribution in [1.82, 2.24) is 5.16 Å². The molecule has 0 radical (unpaired) electrons. The van der Waals surface area contributed by atoms with E-state index in [4.69, 9.17) is 4.52 Å². The van der Waals surface area contributed by atoms with Crippen LogP contribution in [-0.4, -0.2) is 17.0 Å². The molecule has 2 aromatic rings. The molecule has 1 saturated carbocycles. The van der Waals surface area contributed by atoms with E-state index in [1.54, 1.807) is 13.0 Å². The monoisotopic (exact) mass is 303 g/mol. The molecule has 2 amide bonds. The van der Waals surface area contributed by atoms with Crippen molar-refractivity contribution < 1.29 is 18.5 Å². The lowest BCUT2D eigenvalue weighted by atomic mass is 10.1. The molecule has 114 valence electrons. The molecule has 0 saturated heterocycles. The highest BCUT2D eigenvalue weighted by molar-refractivity contribution is 6.16. The molecule has 7 heteroatoms. The summed E-state index contributed by atoms with van der Waals surface area (Å²) in [5, 5.41) is 8.88. The van der Waals surface area contributed by atoms with E-state index in [-0.39, 0.29) is 5.82 Å². The highest BCUT2D eigenvalue weighted by Crippen LogP contribution is 2.47. The Morgan fingerprint density at radius 2 is 1.82 bits per heavy atom. The molecule has 3 rings (SSSR count). The molecule has 1 aromatic carbocycles. The number of hydrogen-bond donors (Lipinski definition) is 2. The molecule has 1 heterocycles. The van der Waals surface area contributed by atoms with Crippen LogP contribution in [0.5, 0.6) is 0 Å². The van der Waals surface area contributed by atoms with E-state index in [9.17, 15) is 14.0 Å². The second-order valence-corrected chi connectivity index (χ2v) is 5.32. The van der Waals surface area contributed by atoms with E-state index in [0.29, 0.717) is 24.3 Å². The van der Waals surface area contributed by atoms with Crippen LogP contribution in [0, 0.1) is 18.2 Å². The van der Waals surface area contributed by atoms with Crippen LogP contribution in [0.1, 0.15) is 18.6 Å². The van der Waals surface area contributed by atoms with Crippen LogP contribution in [0.4, 0.5) is 15.9 Å². The van der Waals surface area contributed by atoms with Gasteiger partial charge in [0.2, 0.25) is 11.8 Å². The van der Waals surface area contributed by atoms with E-state index in [0.717, 1.165) is 0 Å². The van der Waals surface area contributed by atoms with Crippen LogP contribution in [0.3, 0.4) is 0 Å². The number of aryl methyl sites for hydroxylation is 1. The van der Waals surface area contributed by atoms with E-state index < -0.39 is 23.0 Å². The van der Waals surface area contributed by atoms with Crippen LogP contribution in [0.2, 0.25) is 0 Å². The maximum atomic E-state index is 12.9. The smallest absolute Gasteiger partial charge is 0.241 e. The molecular formula is C15H14FN3O3. The minimum absolute atomic E-state index is 0.281. The lowest BCUT2D eigenvalue weighted by Gasteiger charge is -2.14. The van der Waals surface area contributed by atoms with Crippen LogP contribution in [0.15, 0.2) is 34.9 Å². The third-order valence-electron chi connectivity index (χ3n) is 3.59. The van der Waals surface area contributed by atoms with Gasteiger partial charge < -0.3 is 15.2 Å². The first kappa shape index (κ1) is 14.2.